The van der Waals surface area contributed by atoms with E-state index in [1.165, 1.54) is 19.2 Å². The number of piperidine rings is 1. The summed E-state index contributed by atoms with van der Waals surface area (Å²) in [6, 6.07) is 11.7. The van der Waals surface area contributed by atoms with Crippen molar-refractivity contribution in [1.82, 2.24) is 9.80 Å². The van der Waals surface area contributed by atoms with Gasteiger partial charge in [0.25, 0.3) is 0 Å². The Morgan fingerprint density at radius 3 is 2.28 bits per heavy atom. The molecule has 1 heterocycles. The molecule has 3 rings (SSSR count). The van der Waals surface area contributed by atoms with E-state index in [0.717, 1.165) is 38.1 Å². The van der Waals surface area contributed by atoms with Crippen LogP contribution >= 0.6 is 0 Å². The van der Waals surface area contributed by atoms with Crippen LogP contribution in [0.3, 0.4) is 0 Å². The fourth-order valence-electron chi connectivity index (χ4n) is 3.97. The molecule has 0 N–H and O–H groups in total. The highest BCUT2D eigenvalue weighted by Gasteiger charge is 2.31. The van der Waals surface area contributed by atoms with E-state index in [0.29, 0.717) is 16.7 Å². The van der Waals surface area contributed by atoms with E-state index in [-0.39, 0.29) is 24.9 Å². The number of hydrogen-bond acceptors (Lipinski definition) is 4. The summed E-state index contributed by atoms with van der Waals surface area (Å²) in [6.45, 7) is 1.92. The third kappa shape index (κ3) is 5.88. The van der Waals surface area contributed by atoms with Crippen molar-refractivity contribution in [3.8, 4) is 0 Å². The van der Waals surface area contributed by atoms with Crippen LogP contribution in [0.2, 0.25) is 0 Å². The topological polar surface area (TPSA) is 49.9 Å². The van der Waals surface area contributed by atoms with Crippen molar-refractivity contribution in [3.05, 3.63) is 70.8 Å². The van der Waals surface area contributed by atoms with Crippen molar-refractivity contribution < 1.29 is 27.5 Å². The Hall–Kier alpha value is -2.87. The Labute approximate surface area is 185 Å². The lowest BCUT2D eigenvalue weighted by Crippen LogP contribution is -2.46. The number of likely N-dealkylation sites (tertiary alicyclic amines) is 1. The molecule has 1 aliphatic heterocycles. The maximum Gasteiger partial charge on any atom is 0.416 e. The number of methoxy groups -OCH3 is 1. The van der Waals surface area contributed by atoms with Gasteiger partial charge in [0, 0.05) is 12.6 Å². The normalized spacial score (nSPS) is 15.4. The fourth-order valence-corrected chi connectivity index (χ4v) is 3.97. The minimum atomic E-state index is -4.42. The zero-order chi connectivity index (χ0) is 23.3. The predicted molar refractivity (Wildman–Crippen MR) is 114 cm³/mol. The van der Waals surface area contributed by atoms with Crippen LogP contribution in [0, 0.1) is 0 Å². The lowest BCUT2D eigenvalue weighted by atomic mass is 9.99. The Morgan fingerprint density at radius 2 is 1.69 bits per heavy atom. The molecular weight excluding hydrogens is 421 g/mol. The number of rotatable bonds is 6. The fraction of sp³-hybridized carbons (Fsp3) is 0.417. The van der Waals surface area contributed by atoms with Gasteiger partial charge in [0.2, 0.25) is 5.91 Å². The van der Waals surface area contributed by atoms with Crippen LogP contribution in [-0.4, -0.2) is 55.0 Å². The van der Waals surface area contributed by atoms with E-state index in [2.05, 4.69) is 4.90 Å². The first-order valence-electron chi connectivity index (χ1n) is 10.5. The first-order chi connectivity index (χ1) is 15.2. The molecule has 0 radical (unpaired) electrons. The molecule has 2 aromatic carbocycles. The van der Waals surface area contributed by atoms with Crippen LogP contribution in [0.1, 0.15) is 39.9 Å². The Bertz CT molecular complexity index is 936. The van der Waals surface area contributed by atoms with Gasteiger partial charge in [-0.1, -0.05) is 30.3 Å². The Kier molecular flexibility index (Phi) is 7.56. The van der Waals surface area contributed by atoms with E-state index in [1.807, 2.05) is 7.05 Å². The lowest BCUT2D eigenvalue weighted by molar-refractivity contribution is -0.137. The summed E-state index contributed by atoms with van der Waals surface area (Å²) in [7, 11) is 3.33. The van der Waals surface area contributed by atoms with Crippen molar-refractivity contribution in [2.75, 3.05) is 27.2 Å². The van der Waals surface area contributed by atoms with Gasteiger partial charge in [-0.15, -0.1) is 0 Å². The largest absolute Gasteiger partial charge is 0.465 e. The molecule has 0 aliphatic carbocycles. The third-order valence-electron chi connectivity index (χ3n) is 5.85. The van der Waals surface area contributed by atoms with E-state index in [1.54, 1.807) is 29.2 Å². The number of esters is 1. The van der Waals surface area contributed by atoms with Crippen LogP contribution in [0.15, 0.2) is 48.5 Å². The molecule has 8 heteroatoms. The minimum Gasteiger partial charge on any atom is -0.465 e. The van der Waals surface area contributed by atoms with Crippen LogP contribution in [-0.2, 0) is 28.7 Å². The molecular formula is C24H27F3N2O3. The summed E-state index contributed by atoms with van der Waals surface area (Å²) in [5.41, 5.74) is 0.851. The molecule has 2 aromatic rings. The molecule has 0 unspecified atom stereocenters. The molecule has 1 amide bonds. The highest BCUT2D eigenvalue weighted by Crippen LogP contribution is 2.29. The average molecular weight is 448 g/mol. The Morgan fingerprint density at radius 1 is 1.06 bits per heavy atom. The second-order valence-electron chi connectivity index (χ2n) is 8.08. The van der Waals surface area contributed by atoms with Crippen LogP contribution < -0.4 is 0 Å². The van der Waals surface area contributed by atoms with Crippen LogP contribution in [0.5, 0.6) is 0 Å². The van der Waals surface area contributed by atoms with Crippen molar-refractivity contribution in [3.63, 3.8) is 0 Å². The molecule has 0 atom stereocenters. The van der Waals surface area contributed by atoms with Gasteiger partial charge in [-0.3, -0.25) is 4.79 Å². The monoisotopic (exact) mass is 448 g/mol. The van der Waals surface area contributed by atoms with Gasteiger partial charge in [-0.2, -0.15) is 13.2 Å². The molecule has 172 valence electrons. The summed E-state index contributed by atoms with van der Waals surface area (Å²) < 4.78 is 43.4. The van der Waals surface area contributed by atoms with Crippen molar-refractivity contribution >= 4 is 11.9 Å². The molecule has 0 saturated carbocycles. The molecule has 5 nitrogen and oxygen atoms in total. The van der Waals surface area contributed by atoms with Gasteiger partial charge < -0.3 is 14.5 Å². The highest BCUT2D eigenvalue weighted by atomic mass is 19.4. The molecule has 0 aromatic heterocycles. The van der Waals surface area contributed by atoms with Gasteiger partial charge in [0.15, 0.2) is 0 Å². The maximum atomic E-state index is 13.3. The number of halogens is 3. The van der Waals surface area contributed by atoms with E-state index < -0.39 is 17.7 Å². The van der Waals surface area contributed by atoms with Gasteiger partial charge in [0.1, 0.15) is 0 Å². The zero-order valence-electron chi connectivity index (χ0n) is 18.2. The minimum absolute atomic E-state index is 0.00906. The second kappa shape index (κ2) is 10.2. The number of nitrogens with zero attached hydrogens (tertiary/aromatic N) is 2. The summed E-state index contributed by atoms with van der Waals surface area (Å²) in [4.78, 5) is 29.4. The number of ether oxygens (including phenoxy) is 1. The van der Waals surface area contributed by atoms with Gasteiger partial charge >= 0.3 is 12.1 Å². The number of hydrogen-bond donors (Lipinski definition) is 0. The zero-order valence-corrected chi connectivity index (χ0v) is 18.2. The first kappa shape index (κ1) is 23.8. The molecule has 1 fully saturated rings. The van der Waals surface area contributed by atoms with Crippen molar-refractivity contribution in [1.29, 1.82) is 0 Å². The highest BCUT2D eigenvalue weighted by molar-refractivity contribution is 5.91. The van der Waals surface area contributed by atoms with E-state index in [4.69, 9.17) is 4.74 Å². The van der Waals surface area contributed by atoms with Gasteiger partial charge in [-0.05, 0) is 62.3 Å². The second-order valence-corrected chi connectivity index (χ2v) is 8.08. The number of alkyl halides is 3. The Balaban J connectivity index is 1.83. The quantitative estimate of drug-likeness (QED) is 0.623. The van der Waals surface area contributed by atoms with E-state index in [9.17, 15) is 22.8 Å². The summed E-state index contributed by atoms with van der Waals surface area (Å²) >= 11 is 0. The van der Waals surface area contributed by atoms with Crippen LogP contribution in [0.25, 0.3) is 0 Å². The predicted octanol–water partition coefficient (Wildman–Crippen LogP) is 4.16. The van der Waals surface area contributed by atoms with E-state index >= 15 is 0 Å². The smallest absolute Gasteiger partial charge is 0.416 e. The van der Waals surface area contributed by atoms with Gasteiger partial charge in [0.05, 0.1) is 24.7 Å². The van der Waals surface area contributed by atoms with Gasteiger partial charge in [-0.25, -0.2) is 4.79 Å². The maximum absolute atomic E-state index is 13.3. The lowest BCUT2D eigenvalue weighted by Gasteiger charge is -2.37. The molecule has 0 spiro atoms. The van der Waals surface area contributed by atoms with Crippen LogP contribution in [0.4, 0.5) is 13.2 Å². The number of amides is 1. The standard InChI is InChI=1S/C24H27F3N2O3/c1-28-13-11-20(12-14-28)29(16-18-5-3-4-6-21(18)23(31)32-2)22(30)15-17-7-9-19(10-8-17)24(25,26)27/h3-10,20H,11-16H2,1-2H3. The third-order valence-corrected chi connectivity index (χ3v) is 5.85. The SMILES string of the molecule is COC(=O)c1ccccc1CN(C(=O)Cc1ccc(C(F)(F)F)cc1)C1CCN(C)CC1. The summed E-state index contributed by atoms with van der Waals surface area (Å²) in [6.07, 6.45) is -2.85. The molecule has 1 saturated heterocycles. The molecule has 0 bridgehead atoms. The number of carbonyl (C=O) groups excluding carboxylic acids is 2. The number of carbonyl (C=O) groups is 2. The summed E-state index contributed by atoms with van der Waals surface area (Å²) in [5, 5.41) is 0. The van der Waals surface area contributed by atoms with Crippen molar-refractivity contribution in [2.24, 2.45) is 0 Å². The first-order valence-corrected chi connectivity index (χ1v) is 10.5. The average Bonchev–Trinajstić information content (AvgIpc) is 2.77. The van der Waals surface area contributed by atoms with Crippen molar-refractivity contribution in [2.45, 2.75) is 38.0 Å². The summed E-state index contributed by atoms with van der Waals surface area (Å²) in [5.74, 6) is -0.655. The molecule has 32 heavy (non-hydrogen) atoms. The number of benzene rings is 2. The molecule has 1 aliphatic rings.